The summed E-state index contributed by atoms with van der Waals surface area (Å²) in [7, 11) is 2.06. The minimum Gasteiger partial charge on any atom is -0.484 e. The summed E-state index contributed by atoms with van der Waals surface area (Å²) in [5.74, 6) is 1.69. The Morgan fingerprint density at radius 3 is 2.70 bits per heavy atom. The average Bonchev–Trinajstić information content (AvgIpc) is 3.60. The molecular formula is C24H28ClN5O2S. The lowest BCUT2D eigenvalue weighted by atomic mass is 10.3. The second-order valence-corrected chi connectivity index (χ2v) is 9.32. The first-order valence-electron chi connectivity index (χ1n) is 11.1. The number of benzene rings is 2. The lowest BCUT2D eigenvalue weighted by Crippen LogP contribution is -2.29. The fourth-order valence-corrected chi connectivity index (χ4v) is 4.49. The van der Waals surface area contributed by atoms with Crippen molar-refractivity contribution in [3.05, 3.63) is 65.4 Å². The molecule has 1 heterocycles. The lowest BCUT2D eigenvalue weighted by molar-refractivity contribution is -0.118. The van der Waals surface area contributed by atoms with Gasteiger partial charge >= 0.3 is 0 Å². The van der Waals surface area contributed by atoms with Gasteiger partial charge < -0.3 is 15.0 Å². The Morgan fingerprint density at radius 2 is 1.94 bits per heavy atom. The number of carbonyl (C=O) groups excluding carboxylic acids is 1. The van der Waals surface area contributed by atoms with Crippen LogP contribution < -0.4 is 15.0 Å². The quantitative estimate of drug-likeness (QED) is 0.299. The predicted molar refractivity (Wildman–Crippen MR) is 132 cm³/mol. The van der Waals surface area contributed by atoms with Gasteiger partial charge in [0.2, 0.25) is 5.91 Å². The van der Waals surface area contributed by atoms with Crippen LogP contribution in [0.15, 0.2) is 59.8 Å². The number of anilines is 1. The molecule has 1 aliphatic rings. The Hall–Kier alpha value is -2.71. The summed E-state index contributed by atoms with van der Waals surface area (Å²) in [5, 5.41) is 12.9. The van der Waals surface area contributed by atoms with Crippen molar-refractivity contribution in [2.24, 2.45) is 0 Å². The van der Waals surface area contributed by atoms with Crippen LogP contribution in [0.25, 0.3) is 0 Å². The molecule has 9 heteroatoms. The molecule has 0 bridgehead atoms. The molecule has 1 amide bonds. The van der Waals surface area contributed by atoms with E-state index in [0.717, 1.165) is 36.8 Å². The zero-order valence-electron chi connectivity index (χ0n) is 18.6. The van der Waals surface area contributed by atoms with E-state index < -0.39 is 0 Å². The predicted octanol–water partition coefficient (Wildman–Crippen LogP) is 4.58. The van der Waals surface area contributed by atoms with Crippen molar-refractivity contribution in [1.82, 2.24) is 20.1 Å². The molecule has 3 aromatic rings. The molecule has 1 aliphatic carbocycles. The number of hydrogen-bond acceptors (Lipinski definition) is 6. The van der Waals surface area contributed by atoms with Crippen molar-refractivity contribution in [2.75, 3.05) is 30.8 Å². The summed E-state index contributed by atoms with van der Waals surface area (Å²) in [6.07, 6.45) is 3.06. The number of hydrogen-bond donors (Lipinski definition) is 1. The smallest absolute Gasteiger partial charge is 0.230 e. The number of carbonyl (C=O) groups is 1. The summed E-state index contributed by atoms with van der Waals surface area (Å²) in [4.78, 5) is 14.5. The Morgan fingerprint density at radius 1 is 1.18 bits per heavy atom. The summed E-state index contributed by atoms with van der Waals surface area (Å²) >= 11 is 7.59. The number of para-hydroxylation sites is 2. The van der Waals surface area contributed by atoms with E-state index in [1.165, 1.54) is 17.4 Å². The van der Waals surface area contributed by atoms with Crippen LogP contribution in [0.2, 0.25) is 5.02 Å². The highest BCUT2D eigenvalue weighted by Crippen LogP contribution is 2.39. The van der Waals surface area contributed by atoms with Gasteiger partial charge in [-0.1, -0.05) is 53.7 Å². The van der Waals surface area contributed by atoms with E-state index in [1.807, 2.05) is 36.4 Å². The molecule has 1 aromatic heterocycles. The molecule has 1 fully saturated rings. The van der Waals surface area contributed by atoms with Crippen LogP contribution in [0.4, 0.5) is 5.69 Å². The molecule has 174 valence electrons. The highest BCUT2D eigenvalue weighted by atomic mass is 35.5. The van der Waals surface area contributed by atoms with Gasteiger partial charge in [0, 0.05) is 31.9 Å². The number of aromatic nitrogens is 3. The molecule has 0 radical (unpaired) electrons. The van der Waals surface area contributed by atoms with E-state index in [-0.39, 0.29) is 12.5 Å². The largest absolute Gasteiger partial charge is 0.484 e. The number of rotatable bonds is 12. The standard InChI is InChI=1S/C24H28ClN5O2S/c1-29(18-8-3-2-4-9-18)15-7-14-26-23(31)17-33-24-28-27-22(30(24)19-12-13-19)16-32-21-11-6-5-10-20(21)25/h2-6,8-11,19H,7,12-17H2,1H3,(H,26,31). The van der Waals surface area contributed by atoms with Crippen LogP contribution in [0.1, 0.15) is 31.1 Å². The third-order valence-corrected chi connectivity index (χ3v) is 6.62. The number of thioether (sulfide) groups is 1. The third kappa shape index (κ3) is 6.65. The van der Waals surface area contributed by atoms with Crippen LogP contribution in [0.3, 0.4) is 0 Å². The van der Waals surface area contributed by atoms with Crippen molar-refractivity contribution >= 4 is 35.0 Å². The van der Waals surface area contributed by atoms with Crippen molar-refractivity contribution in [3.63, 3.8) is 0 Å². The van der Waals surface area contributed by atoms with Crippen molar-refractivity contribution < 1.29 is 9.53 Å². The number of nitrogens with zero attached hydrogens (tertiary/aromatic N) is 4. The maximum atomic E-state index is 12.3. The third-order valence-electron chi connectivity index (χ3n) is 5.36. The van der Waals surface area contributed by atoms with Crippen LogP contribution >= 0.6 is 23.4 Å². The Labute approximate surface area is 203 Å². The summed E-state index contributed by atoms with van der Waals surface area (Å²) in [6.45, 7) is 1.81. The van der Waals surface area contributed by atoms with E-state index in [9.17, 15) is 4.79 Å². The molecule has 0 unspecified atom stereocenters. The molecule has 0 spiro atoms. The van der Waals surface area contributed by atoms with Gasteiger partial charge in [0.1, 0.15) is 12.4 Å². The van der Waals surface area contributed by atoms with Crippen molar-refractivity contribution in [1.29, 1.82) is 0 Å². The maximum Gasteiger partial charge on any atom is 0.230 e. The van der Waals surface area contributed by atoms with Crippen LogP contribution in [0, 0.1) is 0 Å². The highest BCUT2D eigenvalue weighted by molar-refractivity contribution is 7.99. The molecule has 0 aliphatic heterocycles. The van der Waals surface area contributed by atoms with Gasteiger partial charge in [-0.3, -0.25) is 9.36 Å². The Kier molecular flexibility index (Phi) is 8.12. The van der Waals surface area contributed by atoms with Crippen molar-refractivity contribution in [3.8, 4) is 5.75 Å². The van der Waals surface area contributed by atoms with Crippen LogP contribution in [-0.4, -0.2) is 46.6 Å². The molecule has 7 nitrogen and oxygen atoms in total. The molecule has 33 heavy (non-hydrogen) atoms. The average molecular weight is 486 g/mol. The first-order chi connectivity index (χ1) is 16.1. The van der Waals surface area contributed by atoms with Gasteiger partial charge in [-0.05, 0) is 43.5 Å². The minimum absolute atomic E-state index is 0.00146. The van der Waals surface area contributed by atoms with Gasteiger partial charge in [-0.25, -0.2) is 0 Å². The van der Waals surface area contributed by atoms with E-state index in [0.29, 0.717) is 29.1 Å². The molecule has 0 saturated heterocycles. The molecule has 1 saturated carbocycles. The van der Waals surface area contributed by atoms with Gasteiger partial charge in [0.25, 0.3) is 0 Å². The summed E-state index contributed by atoms with van der Waals surface area (Å²) < 4.78 is 7.95. The zero-order valence-corrected chi connectivity index (χ0v) is 20.2. The topological polar surface area (TPSA) is 72.3 Å². The Bertz CT molecular complexity index is 1060. The van der Waals surface area contributed by atoms with Gasteiger partial charge in [0.05, 0.1) is 10.8 Å². The van der Waals surface area contributed by atoms with E-state index in [4.69, 9.17) is 16.3 Å². The van der Waals surface area contributed by atoms with E-state index in [1.54, 1.807) is 6.07 Å². The normalized spacial score (nSPS) is 13.0. The lowest BCUT2D eigenvalue weighted by Gasteiger charge is -2.19. The number of nitrogens with one attached hydrogen (secondary N) is 1. The molecule has 1 N–H and O–H groups in total. The molecule has 2 aromatic carbocycles. The summed E-state index contributed by atoms with van der Waals surface area (Å²) in [5.41, 5.74) is 1.17. The Balaban J connectivity index is 1.22. The molecule has 4 rings (SSSR count). The van der Waals surface area contributed by atoms with Gasteiger partial charge in [-0.15, -0.1) is 10.2 Å². The minimum atomic E-state index is 0.00146. The summed E-state index contributed by atoms with van der Waals surface area (Å²) in [6, 6.07) is 18.0. The maximum absolute atomic E-state index is 12.3. The number of amides is 1. The monoisotopic (exact) mass is 485 g/mol. The van der Waals surface area contributed by atoms with Crippen LogP contribution in [0.5, 0.6) is 5.75 Å². The van der Waals surface area contributed by atoms with E-state index in [2.05, 4.69) is 44.2 Å². The fourth-order valence-electron chi connectivity index (χ4n) is 3.44. The molecular weight excluding hydrogens is 458 g/mol. The fraction of sp³-hybridized carbons (Fsp3) is 0.375. The number of ether oxygens (including phenoxy) is 1. The highest BCUT2D eigenvalue weighted by Gasteiger charge is 2.30. The second-order valence-electron chi connectivity index (χ2n) is 7.97. The van der Waals surface area contributed by atoms with Crippen LogP contribution in [-0.2, 0) is 11.4 Å². The number of halogens is 1. The van der Waals surface area contributed by atoms with Gasteiger partial charge in [0.15, 0.2) is 11.0 Å². The first-order valence-corrected chi connectivity index (χ1v) is 12.4. The SMILES string of the molecule is CN(CCCNC(=O)CSc1nnc(COc2ccccc2Cl)n1C1CC1)c1ccccc1. The zero-order chi connectivity index (χ0) is 23.0. The van der Waals surface area contributed by atoms with Gasteiger partial charge in [-0.2, -0.15) is 0 Å². The second kappa shape index (κ2) is 11.4. The first kappa shape index (κ1) is 23.4. The van der Waals surface area contributed by atoms with Crippen molar-refractivity contribution in [2.45, 2.75) is 37.1 Å². The molecule has 0 atom stereocenters. The van der Waals surface area contributed by atoms with E-state index >= 15 is 0 Å².